The van der Waals surface area contributed by atoms with Crippen LogP contribution in [0.4, 0.5) is 5.82 Å². The summed E-state index contributed by atoms with van der Waals surface area (Å²) in [5.41, 5.74) is 1.95. The summed E-state index contributed by atoms with van der Waals surface area (Å²) in [6.45, 7) is 8.20. The molecule has 7 nitrogen and oxygen atoms in total. The topological polar surface area (TPSA) is 89.3 Å². The van der Waals surface area contributed by atoms with Crippen LogP contribution >= 0.6 is 11.6 Å². The van der Waals surface area contributed by atoms with Crippen LogP contribution in [-0.4, -0.2) is 54.9 Å². The number of carbonyl (C=O) groups excluding carboxylic acids is 2. The molecule has 0 radical (unpaired) electrons. The number of nitrogens with one attached hydrogen (secondary N) is 1. The van der Waals surface area contributed by atoms with E-state index in [4.69, 9.17) is 11.6 Å². The molecule has 1 aliphatic heterocycles. The molecule has 2 aromatic rings. The lowest BCUT2D eigenvalue weighted by atomic mass is 9.94. The van der Waals surface area contributed by atoms with Crippen molar-refractivity contribution in [2.75, 3.05) is 38.1 Å². The van der Waals surface area contributed by atoms with E-state index in [1.165, 1.54) is 0 Å². The van der Waals surface area contributed by atoms with E-state index in [0.29, 0.717) is 48.1 Å². The molecule has 2 heterocycles. The van der Waals surface area contributed by atoms with Gasteiger partial charge >= 0.3 is 0 Å². The van der Waals surface area contributed by atoms with Crippen LogP contribution in [0.3, 0.4) is 0 Å². The van der Waals surface area contributed by atoms with Crippen molar-refractivity contribution >= 4 is 29.2 Å². The number of hydrogen-bond donors (Lipinski definition) is 1. The van der Waals surface area contributed by atoms with Crippen LogP contribution in [0.5, 0.6) is 0 Å². The maximum atomic E-state index is 12.5. The Bertz CT molecular complexity index is 1050. The average Bonchev–Trinajstić information content (AvgIpc) is 2.77. The molecule has 0 unspecified atom stereocenters. The number of amides is 2. The largest absolute Gasteiger partial charge is 0.355 e. The number of anilines is 1. The lowest BCUT2D eigenvalue weighted by Gasteiger charge is -2.38. The van der Waals surface area contributed by atoms with Crippen LogP contribution in [0.1, 0.15) is 36.7 Å². The number of carbonyl (C=O) groups is 2. The van der Waals surface area contributed by atoms with Gasteiger partial charge in [-0.05, 0) is 23.8 Å². The number of nitrogens with zero attached hydrogens (tertiary/aromatic N) is 4. The van der Waals surface area contributed by atoms with E-state index in [0.717, 1.165) is 11.1 Å². The van der Waals surface area contributed by atoms with Crippen molar-refractivity contribution in [1.82, 2.24) is 15.2 Å². The molecule has 3 rings (SSSR count). The first-order valence-electron chi connectivity index (χ1n) is 10.1. The molecule has 0 saturated carbocycles. The Morgan fingerprint density at radius 1 is 1.13 bits per heavy atom. The zero-order chi connectivity index (χ0) is 22.8. The molecule has 8 heteroatoms. The quantitative estimate of drug-likeness (QED) is 0.792. The van der Waals surface area contributed by atoms with Gasteiger partial charge in [0.15, 0.2) is 0 Å². The number of rotatable bonds is 3. The number of benzene rings is 1. The smallest absolute Gasteiger partial charge is 0.252 e. The normalized spacial score (nSPS) is 14.2. The molecule has 1 N–H and O–H groups in total. The second-order valence-corrected chi connectivity index (χ2v) is 8.92. The van der Waals surface area contributed by atoms with Gasteiger partial charge in [-0.3, -0.25) is 9.59 Å². The van der Waals surface area contributed by atoms with Gasteiger partial charge in [0.1, 0.15) is 11.9 Å². The van der Waals surface area contributed by atoms with Crippen molar-refractivity contribution in [3.8, 4) is 17.2 Å². The summed E-state index contributed by atoms with van der Waals surface area (Å²) in [6, 6.07) is 9.14. The molecule has 31 heavy (non-hydrogen) atoms. The Kier molecular flexibility index (Phi) is 6.51. The lowest BCUT2D eigenvalue weighted by molar-refractivity contribution is -0.139. The first kappa shape index (κ1) is 22.6. The van der Waals surface area contributed by atoms with Crippen molar-refractivity contribution in [2.24, 2.45) is 5.41 Å². The third-order valence-corrected chi connectivity index (χ3v) is 5.58. The number of nitriles is 1. The zero-order valence-electron chi connectivity index (χ0n) is 18.2. The van der Waals surface area contributed by atoms with Crippen LogP contribution in [0.2, 0.25) is 5.02 Å². The fourth-order valence-electron chi connectivity index (χ4n) is 3.56. The van der Waals surface area contributed by atoms with E-state index in [1.54, 1.807) is 37.5 Å². The van der Waals surface area contributed by atoms with Gasteiger partial charge in [-0.25, -0.2) is 4.98 Å². The van der Waals surface area contributed by atoms with E-state index in [1.807, 2.05) is 30.6 Å². The highest BCUT2D eigenvalue weighted by Gasteiger charge is 2.30. The summed E-state index contributed by atoms with van der Waals surface area (Å²) in [7, 11) is 1.55. The average molecular weight is 440 g/mol. The maximum absolute atomic E-state index is 12.5. The second kappa shape index (κ2) is 8.94. The molecule has 1 saturated heterocycles. The van der Waals surface area contributed by atoms with Gasteiger partial charge < -0.3 is 15.1 Å². The fraction of sp³-hybridized carbons (Fsp3) is 0.391. The lowest BCUT2D eigenvalue weighted by Crippen LogP contribution is -2.52. The molecule has 0 bridgehead atoms. The molecule has 1 aliphatic rings. The van der Waals surface area contributed by atoms with Crippen molar-refractivity contribution < 1.29 is 9.59 Å². The summed E-state index contributed by atoms with van der Waals surface area (Å²) < 4.78 is 0. The minimum atomic E-state index is -0.408. The summed E-state index contributed by atoms with van der Waals surface area (Å²) in [6.07, 6.45) is 1.70. The minimum Gasteiger partial charge on any atom is -0.355 e. The van der Waals surface area contributed by atoms with Gasteiger partial charge in [-0.15, -0.1) is 0 Å². The summed E-state index contributed by atoms with van der Waals surface area (Å²) in [5, 5.41) is 12.6. The summed E-state index contributed by atoms with van der Waals surface area (Å²) >= 11 is 6.26. The summed E-state index contributed by atoms with van der Waals surface area (Å²) in [5.74, 6) is 0.488. The van der Waals surface area contributed by atoms with Gasteiger partial charge in [0.05, 0.1) is 16.1 Å². The molecule has 1 fully saturated rings. The predicted octanol–water partition coefficient (Wildman–Crippen LogP) is 3.33. The van der Waals surface area contributed by atoms with Crippen molar-refractivity contribution in [3.63, 3.8) is 0 Å². The van der Waals surface area contributed by atoms with Crippen LogP contribution in [0, 0.1) is 16.7 Å². The van der Waals surface area contributed by atoms with E-state index in [9.17, 15) is 14.9 Å². The molecule has 1 aromatic heterocycles. The predicted molar refractivity (Wildman–Crippen MR) is 121 cm³/mol. The molecule has 162 valence electrons. The maximum Gasteiger partial charge on any atom is 0.252 e. The highest BCUT2D eigenvalue weighted by molar-refractivity contribution is 6.34. The number of hydrogen-bond acceptors (Lipinski definition) is 5. The van der Waals surface area contributed by atoms with Gasteiger partial charge in [0.2, 0.25) is 5.91 Å². The minimum absolute atomic E-state index is 0.132. The Morgan fingerprint density at radius 2 is 1.81 bits per heavy atom. The number of aromatic nitrogens is 1. The van der Waals surface area contributed by atoms with E-state index in [-0.39, 0.29) is 11.8 Å². The Hall–Kier alpha value is -3.11. The van der Waals surface area contributed by atoms with E-state index in [2.05, 4.69) is 16.4 Å². The molecule has 0 aliphatic carbocycles. The zero-order valence-corrected chi connectivity index (χ0v) is 19.0. The van der Waals surface area contributed by atoms with Gasteiger partial charge in [0.25, 0.3) is 5.91 Å². The first-order valence-corrected chi connectivity index (χ1v) is 10.5. The van der Waals surface area contributed by atoms with Gasteiger partial charge in [-0.1, -0.05) is 38.4 Å². The first-order chi connectivity index (χ1) is 14.7. The highest BCUT2D eigenvalue weighted by atomic mass is 35.5. The molecule has 0 atom stereocenters. The molecule has 2 amide bonds. The van der Waals surface area contributed by atoms with Crippen molar-refractivity contribution in [2.45, 2.75) is 20.8 Å². The molecular formula is C23H26ClN5O2. The van der Waals surface area contributed by atoms with Crippen molar-refractivity contribution in [3.05, 3.63) is 46.6 Å². The van der Waals surface area contributed by atoms with Crippen LogP contribution < -0.4 is 10.2 Å². The SMILES string of the molecule is CNC(=O)c1ccc(-c2cnc(N3CCN(C(=O)C(C)(C)C)CC3)c(C#N)c2)cc1Cl. The third kappa shape index (κ3) is 4.80. The number of pyridine rings is 1. The van der Waals surface area contributed by atoms with Gasteiger partial charge in [-0.2, -0.15) is 5.26 Å². The molecular weight excluding hydrogens is 414 g/mol. The Balaban J connectivity index is 1.80. The van der Waals surface area contributed by atoms with Crippen molar-refractivity contribution in [1.29, 1.82) is 5.26 Å². The van der Waals surface area contributed by atoms with Crippen LogP contribution in [0.25, 0.3) is 11.1 Å². The fourth-order valence-corrected chi connectivity index (χ4v) is 3.83. The second-order valence-electron chi connectivity index (χ2n) is 8.51. The number of piperazine rings is 1. The highest BCUT2D eigenvalue weighted by Crippen LogP contribution is 2.29. The van der Waals surface area contributed by atoms with Gasteiger partial charge in [0, 0.05) is 50.4 Å². The summed E-state index contributed by atoms with van der Waals surface area (Å²) in [4.78, 5) is 32.8. The number of halogens is 1. The Morgan fingerprint density at radius 3 is 2.35 bits per heavy atom. The molecule has 1 aromatic carbocycles. The van der Waals surface area contributed by atoms with E-state index < -0.39 is 5.41 Å². The van der Waals surface area contributed by atoms with Crippen LogP contribution in [-0.2, 0) is 4.79 Å². The Labute approximate surface area is 187 Å². The van der Waals surface area contributed by atoms with Crippen LogP contribution in [0.15, 0.2) is 30.5 Å². The van der Waals surface area contributed by atoms with E-state index >= 15 is 0 Å². The monoisotopic (exact) mass is 439 g/mol. The molecule has 0 spiro atoms. The third-order valence-electron chi connectivity index (χ3n) is 5.27. The standard InChI is InChI=1S/C23H26ClN5O2/c1-23(2,3)22(31)29-9-7-28(8-10-29)20-16(13-25)11-17(14-27-20)15-5-6-18(19(24)12-15)21(30)26-4/h5-6,11-12,14H,7-10H2,1-4H3,(H,26,30).